The van der Waals surface area contributed by atoms with Gasteiger partial charge < -0.3 is 20.5 Å². The van der Waals surface area contributed by atoms with Crippen LogP contribution in [0.3, 0.4) is 0 Å². The Morgan fingerprint density at radius 3 is 2.45 bits per heavy atom. The number of amides is 1. The molecule has 3 N–H and O–H groups in total. The van der Waals surface area contributed by atoms with E-state index in [1.807, 2.05) is 30.3 Å². The molecule has 0 bridgehead atoms. The summed E-state index contributed by atoms with van der Waals surface area (Å²) < 4.78 is 71.2. The second-order valence-corrected chi connectivity index (χ2v) is 12.1. The molecule has 0 radical (unpaired) electrons. The van der Waals surface area contributed by atoms with Gasteiger partial charge in [0.2, 0.25) is 10.0 Å². The molecule has 42 heavy (non-hydrogen) atoms. The van der Waals surface area contributed by atoms with Crippen molar-refractivity contribution < 1.29 is 36.2 Å². The third kappa shape index (κ3) is 8.24. The summed E-state index contributed by atoms with van der Waals surface area (Å²) in [6, 6.07) is 18.0. The summed E-state index contributed by atoms with van der Waals surface area (Å²) in [6.07, 6.45) is -4.81. The Balaban J connectivity index is 1.51. The number of aliphatic hydroxyl groups excluding tert-OH is 1. The van der Waals surface area contributed by atoms with Crippen molar-refractivity contribution in [3.05, 3.63) is 95.1 Å². The molecule has 1 aliphatic heterocycles. The molecule has 4 rings (SSSR count). The van der Waals surface area contributed by atoms with Gasteiger partial charge in [0.25, 0.3) is 5.91 Å². The van der Waals surface area contributed by atoms with E-state index >= 15 is 0 Å². The Morgan fingerprint density at radius 2 is 1.79 bits per heavy atom. The van der Waals surface area contributed by atoms with Gasteiger partial charge in [-0.15, -0.1) is 0 Å². The second-order valence-electron chi connectivity index (χ2n) is 10.1. The number of nitrogens with one attached hydrogen (secondary N) is 2. The fourth-order valence-corrected chi connectivity index (χ4v) is 6.35. The fraction of sp³-hybridized carbons (Fsp3) is 0.367. The van der Waals surface area contributed by atoms with E-state index in [1.54, 1.807) is 19.1 Å². The first-order valence-corrected chi connectivity index (χ1v) is 15.2. The maximum atomic E-state index is 13.5. The zero-order chi connectivity index (χ0) is 30.3. The van der Waals surface area contributed by atoms with Crippen LogP contribution in [0.1, 0.15) is 40.4 Å². The van der Waals surface area contributed by atoms with E-state index in [9.17, 15) is 31.5 Å². The normalized spacial score (nSPS) is 16.2. The first-order chi connectivity index (χ1) is 20.0. The molecule has 8 nitrogen and oxygen atoms in total. The van der Waals surface area contributed by atoms with Gasteiger partial charge in [-0.25, -0.2) is 8.42 Å². The van der Waals surface area contributed by atoms with Gasteiger partial charge in [0.15, 0.2) is 0 Å². The molecule has 3 aromatic rings. The Bertz CT molecular complexity index is 1470. The lowest BCUT2D eigenvalue weighted by molar-refractivity contribution is -0.137. The van der Waals surface area contributed by atoms with Crippen LogP contribution in [0, 0.1) is 0 Å². The Labute approximate surface area is 243 Å². The first-order valence-electron chi connectivity index (χ1n) is 13.6. The number of alkyl halides is 3. The number of benzene rings is 3. The molecule has 1 amide bonds. The summed E-state index contributed by atoms with van der Waals surface area (Å²) in [7, 11) is -3.50. The predicted octanol–water partition coefficient (Wildman–Crippen LogP) is 4.14. The summed E-state index contributed by atoms with van der Waals surface area (Å²) in [4.78, 5) is 13.5. The Hall–Kier alpha value is -3.61. The van der Waals surface area contributed by atoms with E-state index in [-0.39, 0.29) is 30.8 Å². The fourth-order valence-electron chi connectivity index (χ4n) is 4.81. The largest absolute Gasteiger partial charge is 0.494 e. The number of hydrogen-bond donors (Lipinski definition) is 3. The minimum Gasteiger partial charge on any atom is -0.494 e. The lowest BCUT2D eigenvalue weighted by atomic mass is 10.00. The van der Waals surface area contributed by atoms with Gasteiger partial charge in [0.05, 0.1) is 35.8 Å². The van der Waals surface area contributed by atoms with Crippen molar-refractivity contribution in [3.63, 3.8) is 0 Å². The number of ether oxygens (including phenoxy) is 1. The second kappa shape index (κ2) is 13.6. The van der Waals surface area contributed by atoms with Gasteiger partial charge in [0.1, 0.15) is 5.75 Å². The highest BCUT2D eigenvalue weighted by Crippen LogP contribution is 2.30. The van der Waals surface area contributed by atoms with Gasteiger partial charge in [0, 0.05) is 31.3 Å². The SMILES string of the molecule is CCOc1cc(C(=O)N[C@@H](Cc2ccccc2)[C@H](O)CNCc2cccc(C(F)(F)F)c2)cc(N2CCCS2(=O)=O)c1. The molecule has 1 fully saturated rings. The van der Waals surface area contributed by atoms with Gasteiger partial charge >= 0.3 is 6.18 Å². The number of sulfonamides is 1. The van der Waals surface area contributed by atoms with E-state index in [4.69, 9.17) is 4.74 Å². The van der Waals surface area contributed by atoms with Crippen molar-refractivity contribution in [1.82, 2.24) is 10.6 Å². The van der Waals surface area contributed by atoms with Crippen LogP contribution >= 0.6 is 0 Å². The van der Waals surface area contributed by atoms with Crippen molar-refractivity contribution in [2.24, 2.45) is 0 Å². The van der Waals surface area contributed by atoms with Crippen molar-refractivity contribution in [1.29, 1.82) is 0 Å². The highest BCUT2D eigenvalue weighted by atomic mass is 32.2. The molecular formula is C30H34F3N3O5S. The molecule has 0 aromatic heterocycles. The number of anilines is 1. The summed E-state index contributed by atoms with van der Waals surface area (Å²) in [5.74, 6) is -0.177. The molecule has 0 aliphatic carbocycles. The van der Waals surface area contributed by atoms with E-state index in [0.29, 0.717) is 36.6 Å². The maximum absolute atomic E-state index is 13.5. The number of hydrogen-bond acceptors (Lipinski definition) is 6. The average molecular weight is 606 g/mol. The molecular weight excluding hydrogens is 571 g/mol. The standard InChI is InChI=1S/C30H34F3N3O5S/c1-2-41-26-17-23(16-25(18-26)36-12-7-13-42(36,39)40)29(38)35-27(15-21-8-4-3-5-9-21)28(37)20-34-19-22-10-6-11-24(14-22)30(31,32)33/h3-6,8-11,14,16-18,27-28,34,37H,2,7,12-13,15,19-20H2,1H3,(H,35,38)/t27-,28+/m0/s1. The van der Waals surface area contributed by atoms with Crippen molar-refractivity contribution in [2.75, 3.05) is 29.8 Å². The number of halogens is 3. The predicted molar refractivity (Wildman–Crippen MR) is 154 cm³/mol. The van der Waals surface area contributed by atoms with Crippen molar-refractivity contribution in [3.8, 4) is 5.75 Å². The van der Waals surface area contributed by atoms with Crippen LogP contribution in [-0.2, 0) is 29.2 Å². The van der Waals surface area contributed by atoms with Gasteiger partial charge in [-0.3, -0.25) is 9.10 Å². The van der Waals surface area contributed by atoms with E-state index in [2.05, 4.69) is 10.6 Å². The third-order valence-corrected chi connectivity index (χ3v) is 8.74. The highest BCUT2D eigenvalue weighted by molar-refractivity contribution is 7.93. The van der Waals surface area contributed by atoms with Gasteiger partial charge in [-0.1, -0.05) is 48.5 Å². The average Bonchev–Trinajstić information content (AvgIpc) is 3.31. The van der Waals surface area contributed by atoms with Crippen molar-refractivity contribution in [2.45, 2.75) is 44.6 Å². The number of carbonyl (C=O) groups excluding carboxylic acids is 1. The number of aliphatic hydroxyl groups is 1. The smallest absolute Gasteiger partial charge is 0.416 e. The Kier molecular flexibility index (Phi) is 10.1. The maximum Gasteiger partial charge on any atom is 0.416 e. The minimum absolute atomic E-state index is 0.00964. The van der Waals surface area contributed by atoms with E-state index in [1.165, 1.54) is 22.5 Å². The highest BCUT2D eigenvalue weighted by Gasteiger charge is 2.31. The molecule has 3 aromatic carbocycles. The minimum atomic E-state index is -4.46. The van der Waals surface area contributed by atoms with Crippen LogP contribution in [0.5, 0.6) is 5.75 Å². The quantitative estimate of drug-likeness (QED) is 0.287. The van der Waals surface area contributed by atoms with Gasteiger partial charge in [-0.2, -0.15) is 13.2 Å². The number of carbonyl (C=O) groups is 1. The zero-order valence-electron chi connectivity index (χ0n) is 23.1. The van der Waals surface area contributed by atoms with Crippen molar-refractivity contribution >= 4 is 21.6 Å². The molecule has 1 aliphatic rings. The molecule has 2 atom stereocenters. The lowest BCUT2D eigenvalue weighted by Gasteiger charge is -2.25. The first kappa shape index (κ1) is 31.3. The van der Waals surface area contributed by atoms with E-state index < -0.39 is 39.8 Å². The molecule has 226 valence electrons. The summed E-state index contributed by atoms with van der Waals surface area (Å²) in [5.41, 5.74) is 0.989. The monoisotopic (exact) mass is 605 g/mol. The van der Waals surface area contributed by atoms with Crippen LogP contribution in [-0.4, -0.2) is 57.0 Å². The molecule has 1 saturated heterocycles. The van der Waals surface area contributed by atoms with Crippen LogP contribution in [0.25, 0.3) is 0 Å². The number of rotatable bonds is 12. The van der Waals surface area contributed by atoms with E-state index in [0.717, 1.165) is 17.7 Å². The van der Waals surface area contributed by atoms with Crippen LogP contribution in [0.15, 0.2) is 72.8 Å². The summed E-state index contributed by atoms with van der Waals surface area (Å²) in [6.45, 7) is 2.45. The zero-order valence-corrected chi connectivity index (χ0v) is 23.9. The lowest BCUT2D eigenvalue weighted by Crippen LogP contribution is -2.48. The molecule has 1 heterocycles. The van der Waals surface area contributed by atoms with Gasteiger partial charge in [-0.05, 0) is 49.1 Å². The van der Waals surface area contributed by atoms with Crippen LogP contribution in [0.4, 0.5) is 18.9 Å². The van der Waals surface area contributed by atoms with Crippen LogP contribution < -0.4 is 19.7 Å². The molecule has 12 heteroatoms. The number of nitrogens with zero attached hydrogens (tertiary/aromatic N) is 1. The Morgan fingerprint density at radius 1 is 1.05 bits per heavy atom. The molecule has 0 spiro atoms. The summed E-state index contributed by atoms with van der Waals surface area (Å²) >= 11 is 0. The summed E-state index contributed by atoms with van der Waals surface area (Å²) in [5, 5.41) is 16.9. The molecule has 0 saturated carbocycles. The van der Waals surface area contributed by atoms with Crippen LogP contribution in [0.2, 0.25) is 0 Å². The molecule has 0 unspecified atom stereocenters. The topological polar surface area (TPSA) is 108 Å². The third-order valence-electron chi connectivity index (χ3n) is 6.87.